The number of halogens is 1. The Balaban J connectivity index is 1.66. The lowest BCUT2D eigenvalue weighted by Crippen LogP contribution is -2.20. The lowest BCUT2D eigenvalue weighted by Gasteiger charge is -2.08. The van der Waals surface area contributed by atoms with Gasteiger partial charge in [-0.3, -0.25) is 9.36 Å². The molecule has 3 nitrogen and oxygen atoms in total. The standard InChI is InChI=1S/C17H15FN2OS2/c1-20-16(21)14-4-2-3-5-15(14)19-17(20)23-11-10-22-13-8-6-12(18)7-9-13/h2-9H,10-11H2,1H3. The van der Waals surface area contributed by atoms with Crippen molar-refractivity contribution >= 4 is 34.4 Å². The Hall–Kier alpha value is -1.79. The Morgan fingerprint density at radius 1 is 1.04 bits per heavy atom. The molecule has 2 aromatic carbocycles. The number of rotatable bonds is 5. The van der Waals surface area contributed by atoms with Gasteiger partial charge in [0.2, 0.25) is 0 Å². The van der Waals surface area contributed by atoms with Crippen molar-refractivity contribution in [2.24, 2.45) is 7.05 Å². The number of hydrogen-bond donors (Lipinski definition) is 0. The van der Waals surface area contributed by atoms with Crippen LogP contribution in [0.3, 0.4) is 0 Å². The minimum atomic E-state index is -0.223. The van der Waals surface area contributed by atoms with E-state index in [1.807, 2.05) is 18.2 Å². The molecule has 0 N–H and O–H groups in total. The first-order valence-electron chi connectivity index (χ1n) is 7.12. The molecule has 6 heteroatoms. The summed E-state index contributed by atoms with van der Waals surface area (Å²) in [5.74, 6) is 1.46. The van der Waals surface area contributed by atoms with Gasteiger partial charge in [0, 0.05) is 23.4 Å². The van der Waals surface area contributed by atoms with Crippen LogP contribution in [0.25, 0.3) is 10.9 Å². The fraction of sp³-hybridized carbons (Fsp3) is 0.176. The van der Waals surface area contributed by atoms with Crippen molar-refractivity contribution in [1.82, 2.24) is 9.55 Å². The second-order valence-electron chi connectivity index (χ2n) is 4.93. The Morgan fingerprint density at radius 2 is 1.74 bits per heavy atom. The van der Waals surface area contributed by atoms with Crippen LogP contribution in [0.2, 0.25) is 0 Å². The molecule has 3 rings (SSSR count). The fourth-order valence-corrected chi connectivity index (χ4v) is 4.00. The lowest BCUT2D eigenvalue weighted by atomic mass is 10.2. The van der Waals surface area contributed by atoms with Gasteiger partial charge in [-0.2, -0.15) is 0 Å². The molecule has 0 saturated carbocycles. The number of benzene rings is 2. The Bertz CT molecular complexity index is 878. The summed E-state index contributed by atoms with van der Waals surface area (Å²) in [6, 6.07) is 13.8. The van der Waals surface area contributed by atoms with Crippen molar-refractivity contribution in [2.75, 3.05) is 11.5 Å². The van der Waals surface area contributed by atoms with E-state index < -0.39 is 0 Å². The third-order valence-corrected chi connectivity index (χ3v) is 5.64. The molecule has 0 aliphatic carbocycles. The first-order valence-corrected chi connectivity index (χ1v) is 9.09. The monoisotopic (exact) mass is 346 g/mol. The van der Waals surface area contributed by atoms with Crippen LogP contribution in [0.5, 0.6) is 0 Å². The largest absolute Gasteiger partial charge is 0.290 e. The van der Waals surface area contributed by atoms with Crippen LogP contribution in [0.15, 0.2) is 63.4 Å². The zero-order valence-corrected chi connectivity index (χ0v) is 14.2. The molecule has 0 aliphatic rings. The summed E-state index contributed by atoms with van der Waals surface area (Å²) < 4.78 is 14.4. The van der Waals surface area contributed by atoms with Crippen LogP contribution in [0.4, 0.5) is 4.39 Å². The van der Waals surface area contributed by atoms with Gasteiger partial charge in [0.05, 0.1) is 10.9 Å². The highest BCUT2D eigenvalue weighted by Crippen LogP contribution is 2.22. The van der Waals surface area contributed by atoms with Crippen LogP contribution in [-0.4, -0.2) is 21.1 Å². The highest BCUT2D eigenvalue weighted by molar-refractivity contribution is 8.02. The third kappa shape index (κ3) is 3.76. The number of fused-ring (bicyclic) bond motifs is 1. The maximum absolute atomic E-state index is 12.9. The zero-order valence-electron chi connectivity index (χ0n) is 12.5. The molecule has 0 fully saturated rings. The summed E-state index contributed by atoms with van der Waals surface area (Å²) in [6.07, 6.45) is 0. The smallest absolute Gasteiger partial charge is 0.261 e. The number of aromatic nitrogens is 2. The molecule has 118 valence electrons. The van der Waals surface area contributed by atoms with E-state index in [9.17, 15) is 9.18 Å². The molecule has 0 spiro atoms. The molecule has 0 aliphatic heterocycles. The van der Waals surface area contributed by atoms with Crippen LogP contribution >= 0.6 is 23.5 Å². The van der Waals surface area contributed by atoms with Crippen molar-refractivity contribution in [3.8, 4) is 0 Å². The van der Waals surface area contributed by atoms with Gasteiger partial charge in [0.15, 0.2) is 5.16 Å². The van der Waals surface area contributed by atoms with E-state index >= 15 is 0 Å². The molecule has 0 unspecified atom stereocenters. The summed E-state index contributed by atoms with van der Waals surface area (Å²) in [5.41, 5.74) is 0.702. The van der Waals surface area contributed by atoms with Gasteiger partial charge < -0.3 is 0 Å². The van der Waals surface area contributed by atoms with Gasteiger partial charge in [0.1, 0.15) is 5.82 Å². The summed E-state index contributed by atoms with van der Waals surface area (Å²) >= 11 is 3.21. The fourth-order valence-electron chi connectivity index (χ4n) is 2.15. The second-order valence-corrected chi connectivity index (χ2v) is 7.16. The summed E-state index contributed by atoms with van der Waals surface area (Å²) in [7, 11) is 1.75. The molecule has 3 aromatic rings. The maximum Gasteiger partial charge on any atom is 0.261 e. The SMILES string of the molecule is Cn1c(SCCSc2ccc(F)cc2)nc2ccccc2c1=O. The van der Waals surface area contributed by atoms with Crippen LogP contribution in [0.1, 0.15) is 0 Å². The second kappa shape index (κ2) is 7.19. The Kier molecular flexibility index (Phi) is 5.03. The molecule has 0 radical (unpaired) electrons. The minimum absolute atomic E-state index is 0.0238. The maximum atomic E-state index is 12.9. The van der Waals surface area contributed by atoms with E-state index in [4.69, 9.17) is 0 Å². The molecule has 0 amide bonds. The normalized spacial score (nSPS) is 11.0. The van der Waals surface area contributed by atoms with Crippen molar-refractivity contribution in [2.45, 2.75) is 10.1 Å². The molecule has 0 saturated heterocycles. The Morgan fingerprint density at radius 3 is 2.52 bits per heavy atom. The van der Waals surface area contributed by atoms with E-state index in [0.29, 0.717) is 10.5 Å². The van der Waals surface area contributed by atoms with Crippen molar-refractivity contribution < 1.29 is 4.39 Å². The molecule has 1 aromatic heterocycles. The highest BCUT2D eigenvalue weighted by atomic mass is 32.2. The Labute approximate surface area is 141 Å². The molecule has 0 bridgehead atoms. The first kappa shape index (κ1) is 16.1. The topological polar surface area (TPSA) is 34.9 Å². The van der Waals surface area contributed by atoms with Gasteiger partial charge in [-0.25, -0.2) is 9.37 Å². The summed E-state index contributed by atoms with van der Waals surface area (Å²) in [5, 5.41) is 1.36. The lowest BCUT2D eigenvalue weighted by molar-refractivity contribution is 0.626. The van der Waals surface area contributed by atoms with Gasteiger partial charge >= 0.3 is 0 Å². The summed E-state index contributed by atoms with van der Waals surface area (Å²) in [4.78, 5) is 17.9. The summed E-state index contributed by atoms with van der Waals surface area (Å²) in [6.45, 7) is 0. The molecule has 23 heavy (non-hydrogen) atoms. The molecular weight excluding hydrogens is 331 g/mol. The predicted octanol–water partition coefficient (Wildman–Crippen LogP) is 3.96. The number of thioether (sulfide) groups is 2. The van der Waals surface area contributed by atoms with Crippen molar-refractivity contribution in [3.63, 3.8) is 0 Å². The number of hydrogen-bond acceptors (Lipinski definition) is 4. The minimum Gasteiger partial charge on any atom is -0.290 e. The van der Waals surface area contributed by atoms with E-state index in [1.54, 1.807) is 53.3 Å². The quantitative estimate of drug-likeness (QED) is 0.398. The number of para-hydroxylation sites is 1. The average Bonchev–Trinajstić information content (AvgIpc) is 2.57. The van der Waals surface area contributed by atoms with E-state index in [-0.39, 0.29) is 11.4 Å². The van der Waals surface area contributed by atoms with Gasteiger partial charge in [0.25, 0.3) is 5.56 Å². The average molecular weight is 346 g/mol. The van der Waals surface area contributed by atoms with Crippen LogP contribution in [0, 0.1) is 5.82 Å². The third-order valence-electron chi connectivity index (χ3n) is 3.34. The van der Waals surface area contributed by atoms with Gasteiger partial charge in [-0.15, -0.1) is 11.8 Å². The number of nitrogens with zero attached hydrogens (tertiary/aromatic N) is 2. The molecular formula is C17H15FN2OS2. The molecule has 1 heterocycles. The van der Waals surface area contributed by atoms with Crippen LogP contribution in [-0.2, 0) is 7.05 Å². The van der Waals surface area contributed by atoms with E-state index in [2.05, 4.69) is 4.98 Å². The van der Waals surface area contributed by atoms with Crippen molar-refractivity contribution in [1.29, 1.82) is 0 Å². The van der Waals surface area contributed by atoms with E-state index in [0.717, 1.165) is 21.9 Å². The highest BCUT2D eigenvalue weighted by Gasteiger charge is 2.08. The van der Waals surface area contributed by atoms with Gasteiger partial charge in [-0.1, -0.05) is 23.9 Å². The van der Waals surface area contributed by atoms with Crippen molar-refractivity contribution in [3.05, 3.63) is 64.7 Å². The first-order chi connectivity index (χ1) is 11.1. The van der Waals surface area contributed by atoms with Gasteiger partial charge in [-0.05, 0) is 36.4 Å². The van der Waals surface area contributed by atoms with E-state index in [1.165, 1.54) is 12.1 Å². The zero-order chi connectivity index (χ0) is 16.2. The molecule has 0 atom stereocenters. The van der Waals surface area contributed by atoms with Crippen LogP contribution < -0.4 is 5.56 Å². The predicted molar refractivity (Wildman–Crippen MR) is 94.8 cm³/mol.